The first-order valence-corrected chi connectivity index (χ1v) is 5.85. The topological polar surface area (TPSA) is 53.1 Å². The number of benzene rings is 1. The minimum atomic E-state index is -0.757. The van der Waals surface area contributed by atoms with Gasteiger partial charge in [-0.2, -0.15) is 0 Å². The Hall–Kier alpha value is -1.29. The molecule has 1 unspecified atom stereocenters. The fourth-order valence-corrected chi connectivity index (χ4v) is 2.17. The van der Waals surface area contributed by atoms with Gasteiger partial charge in [-0.1, -0.05) is 19.1 Å². The molecule has 2 rings (SSSR count). The van der Waals surface area contributed by atoms with Crippen molar-refractivity contribution < 1.29 is 9.90 Å². The van der Waals surface area contributed by atoms with Crippen molar-refractivity contribution in [3.63, 3.8) is 0 Å². The Bertz CT molecular complexity index is 533. The third-order valence-corrected chi connectivity index (χ3v) is 3.32. The van der Waals surface area contributed by atoms with E-state index in [2.05, 4.69) is 20.9 Å². The van der Waals surface area contributed by atoms with Crippen LogP contribution in [0.1, 0.15) is 12.5 Å². The summed E-state index contributed by atoms with van der Waals surface area (Å²) in [6.07, 6.45) is 2.44. The van der Waals surface area contributed by atoms with Crippen molar-refractivity contribution in [2.45, 2.75) is 13.3 Å². The van der Waals surface area contributed by atoms with E-state index >= 15 is 0 Å². The van der Waals surface area contributed by atoms with Crippen LogP contribution in [0, 0.1) is 5.92 Å². The molecule has 0 radical (unpaired) electrons. The quantitative estimate of drug-likeness (QED) is 0.908. The molecule has 0 saturated carbocycles. The Balaban J connectivity index is 2.29. The van der Waals surface area contributed by atoms with E-state index in [-0.39, 0.29) is 5.92 Å². The largest absolute Gasteiger partial charge is 0.481 e. The number of fused-ring (bicyclic) bond motifs is 1. The summed E-state index contributed by atoms with van der Waals surface area (Å²) in [6.45, 7) is 1.72. The van der Waals surface area contributed by atoms with Crippen LogP contribution in [0.5, 0.6) is 0 Å². The van der Waals surface area contributed by atoms with Gasteiger partial charge in [-0.05, 0) is 34.0 Å². The van der Waals surface area contributed by atoms with E-state index in [4.69, 9.17) is 5.11 Å². The second-order valence-corrected chi connectivity index (χ2v) is 4.81. The molecule has 4 heteroatoms. The number of H-pyrrole nitrogens is 1. The number of halogens is 1. The van der Waals surface area contributed by atoms with E-state index in [9.17, 15) is 4.79 Å². The van der Waals surface area contributed by atoms with Gasteiger partial charge >= 0.3 is 5.97 Å². The molecule has 0 bridgehead atoms. The minimum Gasteiger partial charge on any atom is -0.481 e. The number of carbonyl (C=O) groups is 1. The van der Waals surface area contributed by atoms with Crippen LogP contribution in [0.3, 0.4) is 0 Å². The summed E-state index contributed by atoms with van der Waals surface area (Å²) in [6, 6.07) is 5.97. The van der Waals surface area contributed by atoms with Crippen LogP contribution in [-0.4, -0.2) is 16.1 Å². The summed E-state index contributed by atoms with van der Waals surface area (Å²) in [5.41, 5.74) is 2.07. The van der Waals surface area contributed by atoms with Gasteiger partial charge in [0.2, 0.25) is 0 Å². The number of aromatic nitrogens is 1. The monoisotopic (exact) mass is 281 g/mol. The van der Waals surface area contributed by atoms with Gasteiger partial charge < -0.3 is 10.1 Å². The summed E-state index contributed by atoms with van der Waals surface area (Å²) in [7, 11) is 0. The van der Waals surface area contributed by atoms with Crippen LogP contribution < -0.4 is 0 Å². The SMILES string of the molecule is CC(Cc1ccc2c(Br)c[nH]c2c1)C(=O)O. The molecule has 2 aromatic rings. The van der Waals surface area contributed by atoms with Crippen LogP contribution >= 0.6 is 15.9 Å². The van der Waals surface area contributed by atoms with Crippen LogP contribution in [0.4, 0.5) is 0 Å². The Morgan fingerprint density at radius 1 is 1.56 bits per heavy atom. The standard InChI is InChI=1S/C12H12BrNO2/c1-7(12(15)16)4-8-2-3-9-10(13)6-14-11(9)5-8/h2-3,5-7,14H,4H2,1H3,(H,15,16). The zero-order valence-corrected chi connectivity index (χ0v) is 10.4. The van der Waals surface area contributed by atoms with E-state index in [1.54, 1.807) is 6.92 Å². The average Bonchev–Trinajstić information content (AvgIpc) is 2.60. The Morgan fingerprint density at radius 2 is 2.31 bits per heavy atom. The number of aliphatic carboxylic acids is 1. The van der Waals surface area contributed by atoms with Gasteiger partial charge in [0, 0.05) is 21.6 Å². The molecule has 1 heterocycles. The lowest BCUT2D eigenvalue weighted by atomic mass is 10.0. The fourth-order valence-electron chi connectivity index (χ4n) is 1.71. The van der Waals surface area contributed by atoms with Gasteiger partial charge in [-0.3, -0.25) is 4.79 Å². The number of nitrogens with one attached hydrogen (secondary N) is 1. The summed E-state index contributed by atoms with van der Waals surface area (Å²) < 4.78 is 1.03. The molecule has 1 aromatic carbocycles. The molecule has 0 saturated heterocycles. The summed E-state index contributed by atoms with van der Waals surface area (Å²) in [5.74, 6) is -1.11. The zero-order valence-electron chi connectivity index (χ0n) is 8.83. The summed E-state index contributed by atoms with van der Waals surface area (Å²) in [4.78, 5) is 13.9. The maximum atomic E-state index is 10.8. The Labute approximate surface area is 102 Å². The molecule has 0 aliphatic rings. The first-order valence-electron chi connectivity index (χ1n) is 5.06. The molecule has 3 nitrogen and oxygen atoms in total. The van der Waals surface area contributed by atoms with Crippen LogP contribution in [-0.2, 0) is 11.2 Å². The highest BCUT2D eigenvalue weighted by Gasteiger charge is 2.12. The predicted molar refractivity (Wildman–Crippen MR) is 66.5 cm³/mol. The van der Waals surface area contributed by atoms with E-state index in [1.807, 2.05) is 24.4 Å². The number of aromatic amines is 1. The van der Waals surface area contributed by atoms with Crippen molar-refractivity contribution in [3.05, 3.63) is 34.4 Å². The lowest BCUT2D eigenvalue weighted by Crippen LogP contribution is -2.12. The third-order valence-electron chi connectivity index (χ3n) is 2.66. The highest BCUT2D eigenvalue weighted by atomic mass is 79.9. The van der Waals surface area contributed by atoms with Crippen LogP contribution in [0.15, 0.2) is 28.9 Å². The van der Waals surface area contributed by atoms with Gasteiger partial charge in [0.05, 0.1) is 5.92 Å². The lowest BCUT2D eigenvalue weighted by molar-refractivity contribution is -0.141. The molecule has 0 aliphatic carbocycles. The Morgan fingerprint density at radius 3 is 3.00 bits per heavy atom. The number of rotatable bonds is 3. The maximum absolute atomic E-state index is 10.8. The van der Waals surface area contributed by atoms with Crippen molar-refractivity contribution in [1.29, 1.82) is 0 Å². The smallest absolute Gasteiger partial charge is 0.306 e. The number of hydrogen-bond acceptors (Lipinski definition) is 1. The minimum absolute atomic E-state index is 0.351. The lowest BCUT2D eigenvalue weighted by Gasteiger charge is -2.06. The molecule has 84 valence electrons. The van der Waals surface area contributed by atoms with Crippen molar-refractivity contribution in [1.82, 2.24) is 4.98 Å². The van der Waals surface area contributed by atoms with E-state index < -0.39 is 5.97 Å². The van der Waals surface area contributed by atoms with Gasteiger partial charge in [0.1, 0.15) is 0 Å². The number of hydrogen-bond donors (Lipinski definition) is 2. The number of carboxylic acids is 1. The highest BCUT2D eigenvalue weighted by Crippen LogP contribution is 2.24. The molecule has 16 heavy (non-hydrogen) atoms. The molecule has 0 spiro atoms. The zero-order chi connectivity index (χ0) is 11.7. The second-order valence-electron chi connectivity index (χ2n) is 3.96. The van der Waals surface area contributed by atoms with Crippen LogP contribution in [0.2, 0.25) is 0 Å². The predicted octanol–water partition coefficient (Wildman–Crippen LogP) is 3.19. The summed E-state index contributed by atoms with van der Waals surface area (Å²) >= 11 is 3.44. The molecule has 0 aliphatic heterocycles. The summed E-state index contributed by atoms with van der Waals surface area (Å²) in [5, 5.41) is 9.96. The molecular formula is C12H12BrNO2. The van der Waals surface area contributed by atoms with Crippen molar-refractivity contribution in [3.8, 4) is 0 Å². The average molecular weight is 282 g/mol. The first kappa shape index (κ1) is 11.2. The van der Waals surface area contributed by atoms with Crippen molar-refractivity contribution >= 4 is 32.8 Å². The van der Waals surface area contributed by atoms with Gasteiger partial charge in [-0.25, -0.2) is 0 Å². The normalized spacial score (nSPS) is 12.9. The van der Waals surface area contributed by atoms with Gasteiger partial charge in [0.15, 0.2) is 0 Å². The van der Waals surface area contributed by atoms with Crippen LogP contribution in [0.25, 0.3) is 10.9 Å². The van der Waals surface area contributed by atoms with Gasteiger partial charge in [0.25, 0.3) is 0 Å². The molecular weight excluding hydrogens is 270 g/mol. The second kappa shape index (κ2) is 4.29. The number of carboxylic acid groups (broad SMARTS) is 1. The van der Waals surface area contributed by atoms with Crippen molar-refractivity contribution in [2.75, 3.05) is 0 Å². The molecule has 0 amide bonds. The molecule has 1 atom stereocenters. The molecule has 1 aromatic heterocycles. The van der Waals surface area contributed by atoms with E-state index in [0.717, 1.165) is 20.9 Å². The maximum Gasteiger partial charge on any atom is 0.306 e. The third kappa shape index (κ3) is 2.11. The fraction of sp³-hybridized carbons (Fsp3) is 0.250. The van der Waals surface area contributed by atoms with Crippen molar-refractivity contribution in [2.24, 2.45) is 5.92 Å². The Kier molecular flexibility index (Phi) is 3.01. The van der Waals surface area contributed by atoms with E-state index in [1.165, 1.54) is 0 Å². The highest BCUT2D eigenvalue weighted by molar-refractivity contribution is 9.10. The van der Waals surface area contributed by atoms with E-state index in [0.29, 0.717) is 6.42 Å². The molecule has 2 N–H and O–H groups in total. The van der Waals surface area contributed by atoms with Gasteiger partial charge in [-0.15, -0.1) is 0 Å². The molecule has 0 fully saturated rings. The first-order chi connectivity index (χ1) is 7.58.